The fourth-order valence-electron chi connectivity index (χ4n) is 1.89. The van der Waals surface area contributed by atoms with Gasteiger partial charge in [-0.2, -0.15) is 5.26 Å². The molecular weight excluding hydrogens is 229 g/mol. The van der Waals surface area contributed by atoms with E-state index in [2.05, 4.69) is 24.8 Å². The number of nitrogens with zero attached hydrogens (tertiary/aromatic N) is 2. The Morgan fingerprint density at radius 3 is 2.72 bits per heavy atom. The number of nitrogens with two attached hydrogens (primary N) is 1. The van der Waals surface area contributed by atoms with E-state index >= 15 is 0 Å². The number of rotatable bonds is 6. The minimum Gasteiger partial charge on any atom is -0.399 e. The molecule has 0 aliphatic heterocycles. The number of anilines is 1. The highest BCUT2D eigenvalue weighted by Crippen LogP contribution is 2.15. The van der Waals surface area contributed by atoms with Crippen molar-refractivity contribution in [1.29, 1.82) is 5.26 Å². The first-order chi connectivity index (χ1) is 8.52. The first-order valence-electron chi connectivity index (χ1n) is 6.16. The van der Waals surface area contributed by atoms with Crippen LogP contribution in [-0.2, 0) is 6.54 Å². The fraction of sp³-hybridized carbons (Fsp3) is 0.500. The molecule has 3 nitrogen and oxygen atoms in total. The molecular formula is C14H20FN3. The molecule has 0 spiro atoms. The van der Waals surface area contributed by atoms with E-state index in [1.165, 1.54) is 6.07 Å². The number of hydrogen-bond acceptors (Lipinski definition) is 3. The third kappa shape index (κ3) is 4.72. The Kier molecular flexibility index (Phi) is 5.60. The maximum absolute atomic E-state index is 13.7. The van der Waals surface area contributed by atoms with Crippen molar-refractivity contribution < 1.29 is 4.39 Å². The molecule has 0 saturated carbocycles. The van der Waals surface area contributed by atoms with E-state index in [1.54, 1.807) is 12.1 Å². The summed E-state index contributed by atoms with van der Waals surface area (Å²) in [4.78, 5) is 2.10. The van der Waals surface area contributed by atoms with Gasteiger partial charge in [0.05, 0.1) is 6.07 Å². The van der Waals surface area contributed by atoms with Crippen LogP contribution in [-0.4, -0.2) is 18.0 Å². The van der Waals surface area contributed by atoms with Crippen LogP contribution in [0.4, 0.5) is 10.1 Å². The SMILES string of the molecule is CC(C)CN(CCC#N)Cc1ccc(N)cc1F. The molecule has 2 N–H and O–H groups in total. The zero-order valence-electron chi connectivity index (χ0n) is 11.0. The van der Waals surface area contributed by atoms with Crippen molar-refractivity contribution >= 4 is 5.69 Å². The van der Waals surface area contributed by atoms with E-state index in [0.29, 0.717) is 36.7 Å². The Hall–Kier alpha value is -1.60. The first-order valence-corrected chi connectivity index (χ1v) is 6.16. The van der Waals surface area contributed by atoms with Gasteiger partial charge in [-0.05, 0) is 18.1 Å². The molecule has 0 aliphatic carbocycles. The maximum atomic E-state index is 13.7. The van der Waals surface area contributed by atoms with Gasteiger partial charge >= 0.3 is 0 Å². The minimum atomic E-state index is -0.277. The van der Waals surface area contributed by atoms with E-state index in [1.807, 2.05) is 0 Å². The second-order valence-electron chi connectivity index (χ2n) is 4.89. The van der Waals surface area contributed by atoms with Crippen LogP contribution in [0.3, 0.4) is 0 Å². The van der Waals surface area contributed by atoms with E-state index in [-0.39, 0.29) is 5.82 Å². The molecule has 98 valence electrons. The Morgan fingerprint density at radius 1 is 1.44 bits per heavy atom. The highest BCUT2D eigenvalue weighted by atomic mass is 19.1. The van der Waals surface area contributed by atoms with Crippen LogP contribution in [0.15, 0.2) is 18.2 Å². The standard InChI is InChI=1S/C14H20FN3/c1-11(2)9-18(7-3-6-16)10-12-4-5-13(17)8-14(12)15/h4-5,8,11H,3,7,9-10,17H2,1-2H3. The highest BCUT2D eigenvalue weighted by molar-refractivity contribution is 5.40. The molecule has 0 amide bonds. The van der Waals surface area contributed by atoms with Crippen LogP contribution in [0.25, 0.3) is 0 Å². The summed E-state index contributed by atoms with van der Waals surface area (Å²) >= 11 is 0. The van der Waals surface area contributed by atoms with Crippen molar-refractivity contribution in [3.63, 3.8) is 0 Å². The Bertz CT molecular complexity index is 424. The number of nitrogen functional groups attached to an aromatic ring is 1. The average molecular weight is 249 g/mol. The largest absolute Gasteiger partial charge is 0.399 e. The summed E-state index contributed by atoms with van der Waals surface area (Å²) in [6.45, 7) is 6.26. The van der Waals surface area contributed by atoms with Crippen LogP contribution in [0.1, 0.15) is 25.8 Å². The topological polar surface area (TPSA) is 53.0 Å². The number of halogens is 1. The van der Waals surface area contributed by atoms with Gasteiger partial charge in [0.1, 0.15) is 5.82 Å². The van der Waals surface area contributed by atoms with Gasteiger partial charge in [-0.1, -0.05) is 19.9 Å². The molecule has 4 heteroatoms. The van der Waals surface area contributed by atoms with Crippen LogP contribution < -0.4 is 5.73 Å². The smallest absolute Gasteiger partial charge is 0.129 e. The quantitative estimate of drug-likeness (QED) is 0.789. The zero-order valence-corrected chi connectivity index (χ0v) is 11.0. The van der Waals surface area contributed by atoms with Gasteiger partial charge in [-0.15, -0.1) is 0 Å². The van der Waals surface area contributed by atoms with Gasteiger partial charge < -0.3 is 5.73 Å². The van der Waals surface area contributed by atoms with Crippen LogP contribution in [0.2, 0.25) is 0 Å². The van der Waals surface area contributed by atoms with Gasteiger partial charge in [0.2, 0.25) is 0 Å². The number of nitriles is 1. The molecule has 0 atom stereocenters. The van der Waals surface area contributed by atoms with Crippen molar-refractivity contribution in [3.8, 4) is 6.07 Å². The summed E-state index contributed by atoms with van der Waals surface area (Å²) in [6, 6.07) is 6.88. The molecule has 0 aromatic heterocycles. The Labute approximate surface area is 108 Å². The summed E-state index contributed by atoms with van der Waals surface area (Å²) in [5.74, 6) is 0.209. The lowest BCUT2D eigenvalue weighted by molar-refractivity contribution is 0.238. The third-order valence-corrected chi connectivity index (χ3v) is 2.63. The maximum Gasteiger partial charge on any atom is 0.129 e. The van der Waals surface area contributed by atoms with Crippen molar-refractivity contribution in [3.05, 3.63) is 29.6 Å². The van der Waals surface area contributed by atoms with E-state index in [0.717, 1.165) is 6.54 Å². The van der Waals surface area contributed by atoms with Crippen LogP contribution in [0.5, 0.6) is 0 Å². The summed E-state index contributed by atoms with van der Waals surface area (Å²) in [6.07, 6.45) is 0.462. The molecule has 0 unspecified atom stereocenters. The van der Waals surface area contributed by atoms with E-state index in [9.17, 15) is 4.39 Å². The van der Waals surface area contributed by atoms with Crippen molar-refractivity contribution in [2.45, 2.75) is 26.8 Å². The van der Waals surface area contributed by atoms with E-state index in [4.69, 9.17) is 11.0 Å². The van der Waals surface area contributed by atoms with Crippen LogP contribution >= 0.6 is 0 Å². The summed E-state index contributed by atoms with van der Waals surface area (Å²) in [5.41, 5.74) is 6.58. The van der Waals surface area contributed by atoms with E-state index < -0.39 is 0 Å². The Balaban J connectivity index is 2.72. The summed E-state index contributed by atoms with van der Waals surface area (Å²) < 4.78 is 13.7. The molecule has 0 aliphatic rings. The van der Waals surface area contributed by atoms with Crippen molar-refractivity contribution in [1.82, 2.24) is 4.90 Å². The normalized spacial score (nSPS) is 10.9. The van der Waals surface area contributed by atoms with Gasteiger partial charge in [-0.25, -0.2) is 4.39 Å². The Morgan fingerprint density at radius 2 is 2.17 bits per heavy atom. The predicted molar refractivity (Wildman–Crippen MR) is 71.2 cm³/mol. The monoisotopic (exact) mass is 249 g/mol. The minimum absolute atomic E-state index is 0.277. The molecule has 0 fully saturated rings. The molecule has 0 saturated heterocycles. The fourth-order valence-corrected chi connectivity index (χ4v) is 1.89. The van der Waals surface area contributed by atoms with Gasteiger partial charge in [0.25, 0.3) is 0 Å². The van der Waals surface area contributed by atoms with Crippen molar-refractivity contribution in [2.75, 3.05) is 18.8 Å². The molecule has 1 aromatic carbocycles. The second kappa shape index (κ2) is 6.97. The number of hydrogen-bond donors (Lipinski definition) is 1. The molecule has 0 bridgehead atoms. The second-order valence-corrected chi connectivity index (χ2v) is 4.89. The lowest BCUT2D eigenvalue weighted by Crippen LogP contribution is -2.28. The molecule has 0 heterocycles. The van der Waals surface area contributed by atoms with Gasteiger partial charge in [0, 0.05) is 37.3 Å². The van der Waals surface area contributed by atoms with Crippen molar-refractivity contribution in [2.24, 2.45) is 5.92 Å². The van der Waals surface area contributed by atoms with Gasteiger partial charge in [-0.3, -0.25) is 4.90 Å². The first kappa shape index (κ1) is 14.5. The molecule has 0 radical (unpaired) electrons. The zero-order chi connectivity index (χ0) is 13.5. The summed E-state index contributed by atoms with van der Waals surface area (Å²) in [5, 5.41) is 8.64. The lowest BCUT2D eigenvalue weighted by atomic mass is 10.1. The molecule has 1 aromatic rings. The predicted octanol–water partition coefficient (Wildman–Crippen LogP) is 2.78. The van der Waals surface area contributed by atoms with Crippen LogP contribution in [0, 0.1) is 23.1 Å². The summed E-state index contributed by atoms with van der Waals surface area (Å²) in [7, 11) is 0. The van der Waals surface area contributed by atoms with Gasteiger partial charge in [0.15, 0.2) is 0 Å². The number of benzene rings is 1. The lowest BCUT2D eigenvalue weighted by Gasteiger charge is -2.23. The average Bonchev–Trinajstić information content (AvgIpc) is 2.29. The third-order valence-electron chi connectivity index (χ3n) is 2.63. The highest BCUT2D eigenvalue weighted by Gasteiger charge is 2.11. The molecule has 1 rings (SSSR count). The molecule has 18 heavy (non-hydrogen) atoms.